The Kier molecular flexibility index (Phi) is 4.94. The molecule has 22 heavy (non-hydrogen) atoms. The number of carbonyl (C=O) groups excluding carboxylic acids is 1. The molecule has 118 valence electrons. The number of carbonyl (C=O) groups is 1. The molecule has 0 saturated heterocycles. The lowest BCUT2D eigenvalue weighted by molar-refractivity contribution is -0.122. The minimum atomic E-state index is -3.89. The number of hydrogen-bond acceptors (Lipinski definition) is 4. The molecule has 8 heteroatoms. The van der Waals surface area contributed by atoms with E-state index in [0.717, 1.165) is 24.3 Å². The zero-order valence-electron chi connectivity index (χ0n) is 11.7. The molecule has 2 rings (SSSR count). The predicted octanol–water partition coefficient (Wildman–Crippen LogP) is 1.40. The van der Waals surface area contributed by atoms with Gasteiger partial charge in [-0.25, -0.2) is 12.8 Å². The molecule has 0 radical (unpaired) electrons. The molecule has 0 aliphatic carbocycles. The zero-order chi connectivity index (χ0) is 16.2. The van der Waals surface area contributed by atoms with Crippen molar-refractivity contribution in [1.82, 2.24) is 10.0 Å². The van der Waals surface area contributed by atoms with Crippen molar-refractivity contribution in [3.05, 3.63) is 54.2 Å². The second kappa shape index (κ2) is 6.71. The summed E-state index contributed by atoms with van der Waals surface area (Å²) in [5.41, 5.74) is 0. The molecule has 1 aromatic heterocycles. The smallest absolute Gasteiger partial charge is 0.241 e. The summed E-state index contributed by atoms with van der Waals surface area (Å²) >= 11 is 0. The summed E-state index contributed by atoms with van der Waals surface area (Å²) in [6, 6.07) is 6.73. The molecule has 1 heterocycles. The van der Waals surface area contributed by atoms with Gasteiger partial charge in [0.05, 0.1) is 23.7 Å². The van der Waals surface area contributed by atoms with Crippen LogP contribution in [0.2, 0.25) is 0 Å². The van der Waals surface area contributed by atoms with E-state index in [1.54, 1.807) is 12.1 Å². The Morgan fingerprint density at radius 3 is 2.55 bits per heavy atom. The normalized spacial score (nSPS) is 12.8. The standard InChI is InChI=1S/C14H15FN2O4S/c1-10(14(18)16-9-12-3-2-8-21-12)17-22(19,20)13-6-4-11(15)5-7-13/h2-8,10,17H,9H2,1H3,(H,16,18)/t10-/m0/s1. The van der Waals surface area contributed by atoms with Crippen molar-refractivity contribution in [3.63, 3.8) is 0 Å². The summed E-state index contributed by atoms with van der Waals surface area (Å²) in [4.78, 5) is 11.8. The van der Waals surface area contributed by atoms with Gasteiger partial charge in [0.1, 0.15) is 11.6 Å². The lowest BCUT2D eigenvalue weighted by Crippen LogP contribution is -2.44. The van der Waals surface area contributed by atoms with Crippen molar-refractivity contribution in [1.29, 1.82) is 0 Å². The maximum atomic E-state index is 12.8. The molecule has 2 N–H and O–H groups in total. The summed E-state index contributed by atoms with van der Waals surface area (Å²) < 4.78 is 44.2. The van der Waals surface area contributed by atoms with Gasteiger partial charge in [-0.05, 0) is 43.3 Å². The molecule has 6 nitrogen and oxygen atoms in total. The van der Waals surface area contributed by atoms with Crippen LogP contribution in [-0.4, -0.2) is 20.4 Å². The number of sulfonamides is 1. The number of amides is 1. The zero-order valence-corrected chi connectivity index (χ0v) is 12.6. The number of benzene rings is 1. The molecular weight excluding hydrogens is 311 g/mol. The first-order valence-corrected chi connectivity index (χ1v) is 7.95. The SMILES string of the molecule is C[C@H](NS(=O)(=O)c1ccc(F)cc1)C(=O)NCc1ccco1. The van der Waals surface area contributed by atoms with Crippen LogP contribution in [0.5, 0.6) is 0 Å². The molecular formula is C14H15FN2O4S. The van der Waals surface area contributed by atoms with Gasteiger partial charge in [0.25, 0.3) is 0 Å². The highest BCUT2D eigenvalue weighted by Gasteiger charge is 2.22. The third kappa shape index (κ3) is 4.15. The molecule has 0 bridgehead atoms. The van der Waals surface area contributed by atoms with Gasteiger partial charge in [-0.15, -0.1) is 0 Å². The highest BCUT2D eigenvalue weighted by Crippen LogP contribution is 2.10. The second-order valence-corrected chi connectivity index (χ2v) is 6.31. The third-order valence-corrected chi connectivity index (χ3v) is 4.42. The minimum absolute atomic E-state index is 0.111. The van der Waals surface area contributed by atoms with E-state index in [9.17, 15) is 17.6 Å². The van der Waals surface area contributed by atoms with Gasteiger partial charge in [0.2, 0.25) is 15.9 Å². The van der Waals surface area contributed by atoms with E-state index in [-0.39, 0.29) is 11.4 Å². The quantitative estimate of drug-likeness (QED) is 0.840. The van der Waals surface area contributed by atoms with E-state index in [2.05, 4.69) is 10.0 Å². The van der Waals surface area contributed by atoms with Crippen LogP contribution in [0.1, 0.15) is 12.7 Å². The van der Waals surface area contributed by atoms with Crippen LogP contribution < -0.4 is 10.0 Å². The third-order valence-electron chi connectivity index (χ3n) is 2.87. The van der Waals surface area contributed by atoms with E-state index in [1.165, 1.54) is 13.2 Å². The first-order chi connectivity index (χ1) is 10.4. The molecule has 0 aliphatic heterocycles. The van der Waals surface area contributed by atoms with Gasteiger partial charge >= 0.3 is 0 Å². The van der Waals surface area contributed by atoms with Crippen LogP contribution in [0.25, 0.3) is 0 Å². The molecule has 1 aromatic carbocycles. The summed E-state index contributed by atoms with van der Waals surface area (Å²) in [5.74, 6) is -0.479. The monoisotopic (exact) mass is 326 g/mol. The fraction of sp³-hybridized carbons (Fsp3) is 0.214. The topological polar surface area (TPSA) is 88.4 Å². The van der Waals surface area contributed by atoms with Crippen LogP contribution in [0, 0.1) is 5.82 Å². The lowest BCUT2D eigenvalue weighted by Gasteiger charge is -2.14. The molecule has 0 fully saturated rings. The van der Waals surface area contributed by atoms with E-state index >= 15 is 0 Å². The molecule has 0 saturated carbocycles. The first kappa shape index (κ1) is 16.2. The Hall–Kier alpha value is -2.19. The molecule has 2 aromatic rings. The van der Waals surface area contributed by atoms with Crippen molar-refractivity contribution in [2.45, 2.75) is 24.4 Å². The summed E-state index contributed by atoms with van der Waals surface area (Å²) in [7, 11) is -3.89. The van der Waals surface area contributed by atoms with Gasteiger partial charge in [0.15, 0.2) is 0 Å². The molecule has 0 unspecified atom stereocenters. The van der Waals surface area contributed by atoms with Gasteiger partial charge in [-0.2, -0.15) is 4.72 Å². The number of halogens is 1. The van der Waals surface area contributed by atoms with E-state index in [1.807, 2.05) is 0 Å². The highest BCUT2D eigenvalue weighted by atomic mass is 32.2. The fourth-order valence-corrected chi connectivity index (χ4v) is 2.91. The van der Waals surface area contributed by atoms with Crippen molar-refractivity contribution in [2.24, 2.45) is 0 Å². The Morgan fingerprint density at radius 2 is 1.95 bits per heavy atom. The van der Waals surface area contributed by atoms with Gasteiger partial charge in [-0.1, -0.05) is 0 Å². The van der Waals surface area contributed by atoms with Crippen molar-refractivity contribution in [3.8, 4) is 0 Å². The molecule has 0 spiro atoms. The summed E-state index contributed by atoms with van der Waals surface area (Å²) in [6.07, 6.45) is 1.47. The van der Waals surface area contributed by atoms with E-state index < -0.39 is 27.8 Å². The fourth-order valence-electron chi connectivity index (χ4n) is 1.71. The summed E-state index contributed by atoms with van der Waals surface area (Å²) in [5, 5.41) is 2.55. The van der Waals surface area contributed by atoms with Crippen molar-refractivity contribution >= 4 is 15.9 Å². The average molecular weight is 326 g/mol. The van der Waals surface area contributed by atoms with Gasteiger partial charge < -0.3 is 9.73 Å². The number of furan rings is 1. The van der Waals surface area contributed by atoms with Crippen LogP contribution in [0.4, 0.5) is 4.39 Å². The average Bonchev–Trinajstić information content (AvgIpc) is 2.98. The van der Waals surface area contributed by atoms with Crippen molar-refractivity contribution in [2.75, 3.05) is 0 Å². The largest absolute Gasteiger partial charge is 0.467 e. The number of hydrogen-bond donors (Lipinski definition) is 2. The van der Waals surface area contributed by atoms with Crippen LogP contribution in [0.15, 0.2) is 52.0 Å². The van der Waals surface area contributed by atoms with E-state index in [0.29, 0.717) is 5.76 Å². The first-order valence-electron chi connectivity index (χ1n) is 6.46. The maximum Gasteiger partial charge on any atom is 0.241 e. The molecule has 1 amide bonds. The van der Waals surface area contributed by atoms with Gasteiger partial charge in [0, 0.05) is 0 Å². The minimum Gasteiger partial charge on any atom is -0.467 e. The van der Waals surface area contributed by atoms with Crippen molar-refractivity contribution < 1.29 is 22.0 Å². The summed E-state index contributed by atoms with van der Waals surface area (Å²) in [6.45, 7) is 1.58. The maximum absolute atomic E-state index is 12.8. The van der Waals surface area contributed by atoms with E-state index in [4.69, 9.17) is 4.42 Å². The van der Waals surface area contributed by atoms with Crippen LogP contribution in [-0.2, 0) is 21.4 Å². The lowest BCUT2D eigenvalue weighted by atomic mass is 10.3. The number of rotatable bonds is 6. The highest BCUT2D eigenvalue weighted by molar-refractivity contribution is 7.89. The van der Waals surface area contributed by atoms with Gasteiger partial charge in [-0.3, -0.25) is 4.79 Å². The second-order valence-electron chi connectivity index (χ2n) is 4.59. The molecule has 1 atom stereocenters. The Balaban J connectivity index is 1.96. The van der Waals surface area contributed by atoms with Crippen LogP contribution >= 0.6 is 0 Å². The predicted molar refractivity (Wildman–Crippen MR) is 76.7 cm³/mol. The Labute approximate surface area is 127 Å². The van der Waals surface area contributed by atoms with Crippen LogP contribution in [0.3, 0.4) is 0 Å². The Morgan fingerprint density at radius 1 is 1.27 bits per heavy atom. The Bertz CT molecular complexity index is 727. The molecule has 0 aliphatic rings. The number of nitrogens with one attached hydrogen (secondary N) is 2.